The molecular weight excluding hydrogens is 452 g/mol. The molecule has 1 aliphatic heterocycles. The molecule has 192 valence electrons. The van der Waals surface area contributed by atoms with Gasteiger partial charge < -0.3 is 10.2 Å². The van der Waals surface area contributed by atoms with Crippen LogP contribution in [0.4, 0.5) is 5.69 Å². The minimum atomic E-state index is -0.966. The van der Waals surface area contributed by atoms with Gasteiger partial charge in [-0.3, -0.25) is 24.3 Å². The third-order valence-electron chi connectivity index (χ3n) is 6.25. The van der Waals surface area contributed by atoms with Crippen molar-refractivity contribution in [2.24, 2.45) is 0 Å². The van der Waals surface area contributed by atoms with Gasteiger partial charge in [0.05, 0.1) is 0 Å². The van der Waals surface area contributed by atoms with Gasteiger partial charge in [-0.25, -0.2) is 0 Å². The molecule has 1 N–H and O–H groups in total. The summed E-state index contributed by atoms with van der Waals surface area (Å²) in [4.78, 5) is 47.9. The highest BCUT2D eigenvalue weighted by Crippen LogP contribution is 2.33. The molecule has 1 aromatic heterocycles. The van der Waals surface area contributed by atoms with Crippen LogP contribution in [-0.4, -0.2) is 45.7 Å². The highest BCUT2D eigenvalue weighted by Gasteiger charge is 2.42. The Kier molecular flexibility index (Phi) is 8.02. The van der Waals surface area contributed by atoms with E-state index in [1.54, 1.807) is 29.4 Å². The Bertz CT molecular complexity index is 1100. The van der Waals surface area contributed by atoms with Crippen LogP contribution in [0.15, 0.2) is 61.4 Å². The second-order valence-corrected chi connectivity index (χ2v) is 11.3. The van der Waals surface area contributed by atoms with Gasteiger partial charge in [-0.05, 0) is 68.9 Å². The van der Waals surface area contributed by atoms with Crippen molar-refractivity contribution in [2.45, 2.75) is 77.4 Å². The lowest BCUT2D eigenvalue weighted by atomic mass is 9.87. The molecule has 1 aliphatic rings. The number of carbonyl (C=O) groups is 3. The van der Waals surface area contributed by atoms with Crippen molar-refractivity contribution in [2.75, 3.05) is 11.4 Å². The molecule has 3 amide bonds. The Morgan fingerprint density at radius 2 is 1.78 bits per heavy atom. The van der Waals surface area contributed by atoms with Gasteiger partial charge in [0.1, 0.15) is 12.1 Å². The first kappa shape index (κ1) is 27.1. The van der Waals surface area contributed by atoms with Crippen molar-refractivity contribution in [1.82, 2.24) is 15.2 Å². The van der Waals surface area contributed by atoms with E-state index in [9.17, 15) is 14.4 Å². The van der Waals surface area contributed by atoms with Gasteiger partial charge in [0.2, 0.25) is 11.8 Å². The SMILES string of the molecule is C=CC(=O)N1CCCC1C(=O)N(c1ccc(C(C)(C)C)cc1)C(C(=O)NC(C)(C)C)c1cccnc1. The number of carbonyl (C=O) groups excluding carboxylic acids is 3. The Labute approximate surface area is 214 Å². The smallest absolute Gasteiger partial charge is 0.250 e. The molecule has 7 nitrogen and oxygen atoms in total. The molecule has 2 heterocycles. The maximum absolute atomic E-state index is 14.2. The number of pyridine rings is 1. The molecule has 1 saturated heterocycles. The van der Waals surface area contributed by atoms with Gasteiger partial charge in [0.15, 0.2) is 0 Å². The molecule has 3 rings (SSSR count). The number of hydrogen-bond acceptors (Lipinski definition) is 4. The first-order valence-electron chi connectivity index (χ1n) is 12.4. The standard InChI is InChI=1S/C29H38N4O3/c1-8-24(34)32-18-10-12-23(32)27(36)33(22-15-13-21(14-16-22)28(2,3)4)25(20-11-9-17-30-19-20)26(35)31-29(5,6)7/h8-9,11,13-17,19,23,25H,1,10,12,18H2,2-7H3,(H,31,35). The fraction of sp³-hybridized carbons (Fsp3) is 0.448. The van der Waals surface area contributed by atoms with Crippen LogP contribution in [0.3, 0.4) is 0 Å². The average Bonchev–Trinajstić information content (AvgIpc) is 3.30. The zero-order chi connectivity index (χ0) is 26.7. The van der Waals surface area contributed by atoms with E-state index < -0.39 is 17.6 Å². The van der Waals surface area contributed by atoms with Gasteiger partial charge in [-0.2, -0.15) is 0 Å². The van der Waals surface area contributed by atoms with Gasteiger partial charge in [-0.15, -0.1) is 0 Å². The number of anilines is 1. The summed E-state index contributed by atoms with van der Waals surface area (Å²) in [6.07, 6.45) is 5.71. The van der Waals surface area contributed by atoms with Crippen molar-refractivity contribution >= 4 is 23.4 Å². The third-order valence-corrected chi connectivity index (χ3v) is 6.25. The van der Waals surface area contributed by atoms with Crippen LogP contribution >= 0.6 is 0 Å². The van der Waals surface area contributed by atoms with Crippen LogP contribution in [0.25, 0.3) is 0 Å². The maximum atomic E-state index is 14.2. The molecule has 2 atom stereocenters. The summed E-state index contributed by atoms with van der Waals surface area (Å²) in [5.74, 6) is -0.904. The van der Waals surface area contributed by atoms with Crippen LogP contribution in [-0.2, 0) is 19.8 Å². The Hall–Kier alpha value is -3.48. The van der Waals surface area contributed by atoms with Crippen molar-refractivity contribution in [3.8, 4) is 0 Å². The number of nitrogens with zero attached hydrogens (tertiary/aromatic N) is 3. The lowest BCUT2D eigenvalue weighted by Crippen LogP contribution is -2.54. The zero-order valence-corrected chi connectivity index (χ0v) is 22.2. The fourth-order valence-electron chi connectivity index (χ4n) is 4.48. The minimum absolute atomic E-state index is 0.0711. The van der Waals surface area contributed by atoms with Gasteiger partial charge in [0, 0.05) is 35.7 Å². The highest BCUT2D eigenvalue weighted by atomic mass is 16.2. The third kappa shape index (κ3) is 6.20. The molecule has 7 heteroatoms. The molecule has 2 aromatic rings. The van der Waals surface area contributed by atoms with Gasteiger partial charge in [0.25, 0.3) is 5.91 Å². The van der Waals surface area contributed by atoms with E-state index in [4.69, 9.17) is 0 Å². The first-order valence-corrected chi connectivity index (χ1v) is 12.4. The molecule has 36 heavy (non-hydrogen) atoms. The molecule has 1 aromatic carbocycles. The lowest BCUT2D eigenvalue weighted by molar-refractivity contribution is -0.135. The monoisotopic (exact) mass is 490 g/mol. The summed E-state index contributed by atoms with van der Waals surface area (Å²) in [6.45, 7) is 16.1. The largest absolute Gasteiger partial charge is 0.349 e. The molecule has 0 saturated carbocycles. The van der Waals surface area contributed by atoms with Crippen LogP contribution < -0.4 is 10.2 Å². The molecular formula is C29H38N4O3. The van der Waals surface area contributed by atoms with E-state index in [1.165, 1.54) is 11.0 Å². The van der Waals surface area contributed by atoms with Crippen LogP contribution in [0, 0.1) is 0 Å². The number of rotatable bonds is 6. The highest BCUT2D eigenvalue weighted by molar-refractivity contribution is 6.05. The Morgan fingerprint density at radius 3 is 2.31 bits per heavy atom. The number of hydrogen-bond donors (Lipinski definition) is 1. The molecule has 0 spiro atoms. The predicted molar refractivity (Wildman–Crippen MR) is 142 cm³/mol. The second-order valence-electron chi connectivity index (χ2n) is 11.3. The topological polar surface area (TPSA) is 82.6 Å². The number of benzene rings is 1. The van der Waals surface area contributed by atoms with Crippen molar-refractivity contribution in [3.05, 3.63) is 72.6 Å². The maximum Gasteiger partial charge on any atom is 0.250 e. The summed E-state index contributed by atoms with van der Waals surface area (Å²) in [5.41, 5.74) is 1.70. The van der Waals surface area contributed by atoms with Crippen molar-refractivity contribution in [1.29, 1.82) is 0 Å². The van der Waals surface area contributed by atoms with Crippen LogP contribution in [0.1, 0.15) is 71.6 Å². The van der Waals surface area contributed by atoms with Gasteiger partial charge in [-0.1, -0.05) is 45.5 Å². The van der Waals surface area contributed by atoms with Crippen LogP contribution in [0.2, 0.25) is 0 Å². The van der Waals surface area contributed by atoms with E-state index in [-0.39, 0.29) is 23.1 Å². The van der Waals surface area contributed by atoms with Crippen molar-refractivity contribution in [3.63, 3.8) is 0 Å². The Balaban J connectivity index is 2.16. The molecule has 0 radical (unpaired) electrons. The minimum Gasteiger partial charge on any atom is -0.349 e. The zero-order valence-electron chi connectivity index (χ0n) is 22.2. The normalized spacial score (nSPS) is 16.8. The predicted octanol–water partition coefficient (Wildman–Crippen LogP) is 4.55. The van der Waals surface area contributed by atoms with Crippen LogP contribution in [0.5, 0.6) is 0 Å². The number of amides is 3. The number of likely N-dealkylation sites (tertiary alicyclic amines) is 1. The summed E-state index contributed by atoms with van der Waals surface area (Å²) in [7, 11) is 0. The van der Waals surface area contributed by atoms with Crippen molar-refractivity contribution < 1.29 is 14.4 Å². The first-order chi connectivity index (χ1) is 16.8. The average molecular weight is 491 g/mol. The lowest BCUT2D eigenvalue weighted by Gasteiger charge is -2.36. The second kappa shape index (κ2) is 10.6. The summed E-state index contributed by atoms with van der Waals surface area (Å²) >= 11 is 0. The summed E-state index contributed by atoms with van der Waals surface area (Å²) in [5, 5.41) is 3.04. The molecule has 1 fully saturated rings. The number of nitrogens with one attached hydrogen (secondary N) is 1. The molecule has 0 aliphatic carbocycles. The van der Waals surface area contributed by atoms with E-state index in [0.29, 0.717) is 30.6 Å². The Morgan fingerprint density at radius 1 is 1.11 bits per heavy atom. The van der Waals surface area contributed by atoms with E-state index in [0.717, 1.165) is 5.56 Å². The molecule has 2 unspecified atom stereocenters. The fourth-order valence-corrected chi connectivity index (χ4v) is 4.48. The van der Waals surface area contributed by atoms with E-state index in [2.05, 4.69) is 37.7 Å². The summed E-state index contributed by atoms with van der Waals surface area (Å²) in [6, 6.07) is 9.62. The summed E-state index contributed by atoms with van der Waals surface area (Å²) < 4.78 is 0. The molecule has 0 bridgehead atoms. The number of aromatic nitrogens is 1. The van der Waals surface area contributed by atoms with Gasteiger partial charge >= 0.3 is 0 Å². The quantitative estimate of drug-likeness (QED) is 0.603. The van der Waals surface area contributed by atoms with E-state index >= 15 is 0 Å². The van der Waals surface area contributed by atoms with E-state index in [1.807, 2.05) is 45.0 Å².